The number of rotatable bonds is 2. The maximum atomic E-state index is 5.47. The van der Waals surface area contributed by atoms with Crippen molar-refractivity contribution >= 4 is 17.0 Å². The van der Waals surface area contributed by atoms with E-state index in [0.29, 0.717) is 12.0 Å². The largest absolute Gasteiger partial charge is 0.307 e. The first-order valence-corrected chi connectivity index (χ1v) is 5.09. The lowest BCUT2D eigenvalue weighted by molar-refractivity contribution is 0.623. The van der Waals surface area contributed by atoms with Gasteiger partial charge in [0.15, 0.2) is 0 Å². The number of hydrogen-bond acceptors (Lipinski definition) is 3. The van der Waals surface area contributed by atoms with Crippen molar-refractivity contribution in [3.8, 4) is 0 Å². The van der Waals surface area contributed by atoms with E-state index in [1.807, 2.05) is 6.07 Å². The number of imidazole rings is 1. The fourth-order valence-corrected chi connectivity index (χ4v) is 1.88. The summed E-state index contributed by atoms with van der Waals surface area (Å²) in [4.78, 5) is 4.48. The fourth-order valence-electron chi connectivity index (χ4n) is 1.88. The molecule has 2 aromatic rings. The third-order valence-electron chi connectivity index (χ3n) is 2.57. The molecule has 0 amide bonds. The number of para-hydroxylation sites is 1. The first kappa shape index (κ1) is 9.98. The first-order valence-electron chi connectivity index (χ1n) is 5.09. The summed E-state index contributed by atoms with van der Waals surface area (Å²) in [6.07, 6.45) is 0. The molecule has 0 aliphatic carbocycles. The Morgan fingerprint density at radius 1 is 1.40 bits per heavy atom. The van der Waals surface area contributed by atoms with Gasteiger partial charge in [0, 0.05) is 6.04 Å². The molecule has 0 aliphatic rings. The van der Waals surface area contributed by atoms with Crippen molar-refractivity contribution in [1.29, 1.82) is 0 Å². The Kier molecular flexibility index (Phi) is 2.36. The maximum absolute atomic E-state index is 5.47. The monoisotopic (exact) mass is 204 g/mol. The number of fused-ring (bicyclic) bond motifs is 1. The Balaban J connectivity index is 2.80. The SMILES string of the molecule is Cc1cccc2c1nc(NN)n2C(C)C. The van der Waals surface area contributed by atoms with E-state index in [-0.39, 0.29) is 0 Å². The van der Waals surface area contributed by atoms with E-state index in [1.165, 1.54) is 5.56 Å². The summed E-state index contributed by atoms with van der Waals surface area (Å²) < 4.78 is 2.10. The van der Waals surface area contributed by atoms with Crippen LogP contribution in [-0.4, -0.2) is 9.55 Å². The van der Waals surface area contributed by atoms with Gasteiger partial charge in [0.1, 0.15) is 0 Å². The van der Waals surface area contributed by atoms with Crippen LogP contribution in [0.3, 0.4) is 0 Å². The highest BCUT2D eigenvalue weighted by molar-refractivity contribution is 5.81. The van der Waals surface area contributed by atoms with Crippen LogP contribution in [0.1, 0.15) is 25.5 Å². The molecule has 1 aromatic heterocycles. The molecule has 4 heteroatoms. The molecule has 4 nitrogen and oxygen atoms in total. The van der Waals surface area contributed by atoms with Crippen LogP contribution in [0, 0.1) is 6.92 Å². The predicted octanol–water partition coefficient (Wildman–Crippen LogP) is 2.21. The Morgan fingerprint density at radius 3 is 2.73 bits per heavy atom. The Morgan fingerprint density at radius 2 is 2.13 bits per heavy atom. The molecule has 0 bridgehead atoms. The average Bonchev–Trinajstić information content (AvgIpc) is 2.57. The number of hydrogen-bond donors (Lipinski definition) is 2. The van der Waals surface area contributed by atoms with Crippen LogP contribution in [0.2, 0.25) is 0 Å². The summed E-state index contributed by atoms with van der Waals surface area (Å²) in [5.41, 5.74) is 5.95. The van der Waals surface area contributed by atoms with Gasteiger partial charge in [-0.05, 0) is 32.4 Å². The standard InChI is InChI=1S/C11H16N4/c1-7(2)15-9-6-4-5-8(3)10(9)13-11(15)14-12/h4-7H,12H2,1-3H3,(H,13,14). The second-order valence-corrected chi connectivity index (χ2v) is 3.99. The molecule has 0 saturated carbocycles. The zero-order chi connectivity index (χ0) is 11.0. The topological polar surface area (TPSA) is 55.9 Å². The lowest BCUT2D eigenvalue weighted by atomic mass is 10.2. The molecule has 0 radical (unpaired) electrons. The van der Waals surface area contributed by atoms with Gasteiger partial charge in [-0.2, -0.15) is 0 Å². The highest BCUT2D eigenvalue weighted by atomic mass is 15.3. The highest BCUT2D eigenvalue weighted by Crippen LogP contribution is 2.25. The number of nitrogens with zero attached hydrogens (tertiary/aromatic N) is 2. The maximum Gasteiger partial charge on any atom is 0.218 e. The van der Waals surface area contributed by atoms with Gasteiger partial charge in [0.05, 0.1) is 11.0 Å². The summed E-state index contributed by atoms with van der Waals surface area (Å²) in [5, 5.41) is 0. The lowest BCUT2D eigenvalue weighted by Crippen LogP contribution is -2.14. The molecular weight excluding hydrogens is 188 g/mol. The molecule has 15 heavy (non-hydrogen) atoms. The molecule has 0 atom stereocenters. The number of aryl methyl sites for hydroxylation is 1. The van der Waals surface area contributed by atoms with Crippen LogP contribution in [0.5, 0.6) is 0 Å². The quantitative estimate of drug-likeness (QED) is 0.582. The number of hydrazine groups is 1. The minimum Gasteiger partial charge on any atom is -0.307 e. The summed E-state index contributed by atoms with van der Waals surface area (Å²) in [5.74, 6) is 6.19. The van der Waals surface area contributed by atoms with Crippen LogP contribution < -0.4 is 11.3 Å². The van der Waals surface area contributed by atoms with Crippen molar-refractivity contribution in [2.75, 3.05) is 5.43 Å². The lowest BCUT2D eigenvalue weighted by Gasteiger charge is -2.11. The molecule has 3 N–H and O–H groups in total. The van der Waals surface area contributed by atoms with Crippen molar-refractivity contribution in [3.63, 3.8) is 0 Å². The average molecular weight is 204 g/mol. The third-order valence-corrected chi connectivity index (χ3v) is 2.57. The molecular formula is C11H16N4. The third kappa shape index (κ3) is 1.47. The highest BCUT2D eigenvalue weighted by Gasteiger charge is 2.12. The molecule has 0 saturated heterocycles. The van der Waals surface area contributed by atoms with E-state index in [0.717, 1.165) is 11.0 Å². The molecule has 1 heterocycles. The van der Waals surface area contributed by atoms with E-state index in [2.05, 4.69) is 47.9 Å². The van der Waals surface area contributed by atoms with Gasteiger partial charge >= 0.3 is 0 Å². The van der Waals surface area contributed by atoms with Gasteiger partial charge in [-0.15, -0.1) is 0 Å². The Hall–Kier alpha value is -1.55. The van der Waals surface area contributed by atoms with E-state index < -0.39 is 0 Å². The molecule has 0 unspecified atom stereocenters. The van der Waals surface area contributed by atoms with Gasteiger partial charge in [-0.25, -0.2) is 10.8 Å². The molecule has 0 spiro atoms. The van der Waals surface area contributed by atoms with Gasteiger partial charge in [-0.3, -0.25) is 5.43 Å². The molecule has 2 rings (SSSR count). The van der Waals surface area contributed by atoms with E-state index in [9.17, 15) is 0 Å². The summed E-state index contributed by atoms with van der Waals surface area (Å²) >= 11 is 0. The van der Waals surface area contributed by atoms with Gasteiger partial charge in [0.25, 0.3) is 0 Å². The summed E-state index contributed by atoms with van der Waals surface area (Å²) in [7, 11) is 0. The predicted molar refractivity (Wildman–Crippen MR) is 62.7 cm³/mol. The van der Waals surface area contributed by atoms with Crippen LogP contribution >= 0.6 is 0 Å². The van der Waals surface area contributed by atoms with Crippen molar-refractivity contribution in [1.82, 2.24) is 9.55 Å². The van der Waals surface area contributed by atoms with Crippen molar-refractivity contribution in [2.45, 2.75) is 26.8 Å². The number of nitrogens with two attached hydrogens (primary N) is 1. The fraction of sp³-hybridized carbons (Fsp3) is 0.364. The van der Waals surface area contributed by atoms with Crippen molar-refractivity contribution in [2.24, 2.45) is 5.84 Å². The van der Waals surface area contributed by atoms with Crippen LogP contribution in [-0.2, 0) is 0 Å². The molecule has 0 aliphatic heterocycles. The Labute approximate surface area is 89.1 Å². The van der Waals surface area contributed by atoms with Crippen molar-refractivity contribution < 1.29 is 0 Å². The number of nitrogens with one attached hydrogen (secondary N) is 1. The second kappa shape index (κ2) is 3.55. The van der Waals surface area contributed by atoms with Crippen LogP contribution in [0.4, 0.5) is 5.95 Å². The second-order valence-electron chi connectivity index (χ2n) is 3.99. The number of aromatic nitrogens is 2. The van der Waals surface area contributed by atoms with Gasteiger partial charge in [-0.1, -0.05) is 12.1 Å². The molecule has 1 aromatic carbocycles. The minimum atomic E-state index is 0.336. The minimum absolute atomic E-state index is 0.336. The van der Waals surface area contributed by atoms with Crippen LogP contribution in [0.15, 0.2) is 18.2 Å². The number of nitrogen functional groups attached to an aromatic ring is 1. The van der Waals surface area contributed by atoms with Gasteiger partial charge < -0.3 is 4.57 Å². The van der Waals surface area contributed by atoms with Gasteiger partial charge in [0.2, 0.25) is 5.95 Å². The van der Waals surface area contributed by atoms with Crippen LogP contribution in [0.25, 0.3) is 11.0 Å². The van der Waals surface area contributed by atoms with E-state index in [1.54, 1.807) is 0 Å². The zero-order valence-electron chi connectivity index (χ0n) is 9.28. The first-order chi connectivity index (χ1) is 7.15. The van der Waals surface area contributed by atoms with Crippen molar-refractivity contribution in [3.05, 3.63) is 23.8 Å². The summed E-state index contributed by atoms with van der Waals surface area (Å²) in [6, 6.07) is 6.50. The van der Waals surface area contributed by atoms with E-state index >= 15 is 0 Å². The summed E-state index contributed by atoms with van der Waals surface area (Å²) in [6.45, 7) is 6.29. The number of anilines is 1. The molecule has 80 valence electrons. The molecule has 0 fully saturated rings. The number of benzene rings is 1. The Bertz CT molecular complexity index is 485. The zero-order valence-corrected chi connectivity index (χ0v) is 9.28. The van der Waals surface area contributed by atoms with E-state index in [4.69, 9.17) is 5.84 Å². The normalized spacial score (nSPS) is 11.3. The smallest absolute Gasteiger partial charge is 0.218 e.